The number of hydrogen-bond donors (Lipinski definition) is 1. The number of benzene rings is 1. The summed E-state index contributed by atoms with van der Waals surface area (Å²) in [6, 6.07) is 6.44. The Bertz CT molecular complexity index is 460. The van der Waals surface area contributed by atoms with Crippen molar-refractivity contribution in [2.24, 2.45) is 0 Å². The fraction of sp³-hybridized carbons (Fsp3) is 0.625. The molecule has 104 valence electrons. The quantitative estimate of drug-likeness (QED) is 0.887. The Morgan fingerprint density at radius 2 is 2.37 bits per heavy atom. The Kier molecular flexibility index (Phi) is 3.50. The zero-order chi connectivity index (χ0) is 13.3. The summed E-state index contributed by atoms with van der Waals surface area (Å²) in [5.74, 6) is 0.933. The molecule has 1 aliphatic carbocycles. The summed E-state index contributed by atoms with van der Waals surface area (Å²) in [6.07, 6.45) is 4.86. The van der Waals surface area contributed by atoms with Gasteiger partial charge in [0.1, 0.15) is 11.4 Å². The van der Waals surface area contributed by atoms with Crippen molar-refractivity contribution in [1.82, 2.24) is 5.32 Å². The lowest BCUT2D eigenvalue weighted by Gasteiger charge is -2.45. The fourth-order valence-electron chi connectivity index (χ4n) is 3.39. The highest BCUT2D eigenvalue weighted by atomic mass is 16.5. The van der Waals surface area contributed by atoms with E-state index in [1.165, 1.54) is 17.5 Å². The van der Waals surface area contributed by atoms with Gasteiger partial charge in [0.25, 0.3) is 0 Å². The summed E-state index contributed by atoms with van der Waals surface area (Å²) < 4.78 is 11.9. The van der Waals surface area contributed by atoms with Gasteiger partial charge in [-0.2, -0.15) is 0 Å². The second kappa shape index (κ2) is 5.14. The number of methoxy groups -OCH3 is 1. The highest BCUT2D eigenvalue weighted by Crippen LogP contribution is 2.42. The van der Waals surface area contributed by atoms with E-state index < -0.39 is 0 Å². The van der Waals surface area contributed by atoms with E-state index in [1.54, 1.807) is 7.11 Å². The van der Waals surface area contributed by atoms with Crippen LogP contribution in [-0.4, -0.2) is 26.3 Å². The molecule has 2 unspecified atom stereocenters. The summed E-state index contributed by atoms with van der Waals surface area (Å²) in [5, 5.41) is 3.56. The average Bonchev–Trinajstić information content (AvgIpc) is 2.47. The summed E-state index contributed by atoms with van der Waals surface area (Å²) in [5.41, 5.74) is 2.62. The molecule has 2 atom stereocenters. The molecule has 3 rings (SSSR count). The van der Waals surface area contributed by atoms with Crippen LogP contribution in [-0.2, 0) is 16.8 Å². The third-order valence-electron chi connectivity index (χ3n) is 4.46. The van der Waals surface area contributed by atoms with Crippen LogP contribution in [0.15, 0.2) is 18.2 Å². The third kappa shape index (κ3) is 2.26. The first-order valence-corrected chi connectivity index (χ1v) is 7.33. The van der Waals surface area contributed by atoms with Gasteiger partial charge >= 0.3 is 0 Å². The Labute approximate surface area is 115 Å². The predicted octanol–water partition coefficient (Wildman–Crippen LogP) is 2.63. The maximum absolute atomic E-state index is 6.47. The van der Waals surface area contributed by atoms with Crippen LogP contribution in [0.2, 0.25) is 0 Å². The van der Waals surface area contributed by atoms with Gasteiger partial charge in [0, 0.05) is 13.1 Å². The lowest BCUT2D eigenvalue weighted by atomic mass is 9.78. The molecule has 1 aromatic carbocycles. The van der Waals surface area contributed by atoms with Crippen molar-refractivity contribution in [1.29, 1.82) is 0 Å². The minimum atomic E-state index is -0.138. The maximum Gasteiger partial charge on any atom is 0.119 e. The van der Waals surface area contributed by atoms with E-state index in [0.29, 0.717) is 6.10 Å². The van der Waals surface area contributed by atoms with Crippen LogP contribution in [0.4, 0.5) is 0 Å². The summed E-state index contributed by atoms with van der Waals surface area (Å²) in [7, 11) is 1.73. The van der Waals surface area contributed by atoms with E-state index >= 15 is 0 Å². The van der Waals surface area contributed by atoms with Crippen molar-refractivity contribution < 1.29 is 9.47 Å². The monoisotopic (exact) mass is 261 g/mol. The van der Waals surface area contributed by atoms with Gasteiger partial charge in [-0.15, -0.1) is 0 Å². The van der Waals surface area contributed by atoms with Gasteiger partial charge in [-0.25, -0.2) is 0 Å². The zero-order valence-corrected chi connectivity index (χ0v) is 11.9. The largest absolute Gasteiger partial charge is 0.497 e. The molecule has 1 saturated heterocycles. The van der Waals surface area contributed by atoms with Crippen molar-refractivity contribution in [2.75, 3.05) is 20.2 Å². The summed E-state index contributed by atoms with van der Waals surface area (Å²) in [4.78, 5) is 0. The smallest absolute Gasteiger partial charge is 0.119 e. The number of nitrogens with one attached hydrogen (secondary N) is 1. The molecule has 1 fully saturated rings. The van der Waals surface area contributed by atoms with E-state index in [1.807, 2.05) is 0 Å². The molecule has 0 saturated carbocycles. The molecule has 19 heavy (non-hydrogen) atoms. The van der Waals surface area contributed by atoms with E-state index in [2.05, 4.69) is 30.4 Å². The summed E-state index contributed by atoms with van der Waals surface area (Å²) >= 11 is 0. The number of morpholine rings is 1. The molecule has 1 aromatic rings. The lowest BCUT2D eigenvalue weighted by molar-refractivity contribution is -0.131. The molecular formula is C16H23NO2. The SMILES string of the molecule is CCC1CNCC2(CCCc3ccc(OC)cc32)O1. The molecular weight excluding hydrogens is 238 g/mol. The Hall–Kier alpha value is -1.06. The molecule has 1 N–H and O–H groups in total. The second-order valence-electron chi connectivity index (χ2n) is 5.65. The minimum absolute atomic E-state index is 0.138. The van der Waals surface area contributed by atoms with Gasteiger partial charge in [-0.05, 0) is 48.9 Å². The van der Waals surface area contributed by atoms with Crippen LogP contribution in [0.5, 0.6) is 5.75 Å². The fourth-order valence-corrected chi connectivity index (χ4v) is 3.39. The van der Waals surface area contributed by atoms with Crippen molar-refractivity contribution in [3.63, 3.8) is 0 Å². The first-order valence-electron chi connectivity index (χ1n) is 7.33. The molecule has 2 aliphatic rings. The molecule has 0 aromatic heterocycles. The van der Waals surface area contributed by atoms with Gasteiger partial charge in [0.2, 0.25) is 0 Å². The highest BCUT2D eigenvalue weighted by molar-refractivity contribution is 5.41. The van der Waals surface area contributed by atoms with Crippen LogP contribution in [0.1, 0.15) is 37.3 Å². The molecule has 1 heterocycles. The normalized spacial score (nSPS) is 30.1. The number of aryl methyl sites for hydroxylation is 1. The Balaban J connectivity index is 2.00. The van der Waals surface area contributed by atoms with Gasteiger partial charge in [0.15, 0.2) is 0 Å². The van der Waals surface area contributed by atoms with Crippen molar-refractivity contribution >= 4 is 0 Å². The van der Waals surface area contributed by atoms with E-state index in [9.17, 15) is 0 Å². The second-order valence-corrected chi connectivity index (χ2v) is 5.65. The third-order valence-corrected chi connectivity index (χ3v) is 4.46. The minimum Gasteiger partial charge on any atom is -0.497 e. The Morgan fingerprint density at radius 1 is 1.47 bits per heavy atom. The average molecular weight is 261 g/mol. The van der Waals surface area contributed by atoms with Gasteiger partial charge in [-0.1, -0.05) is 13.0 Å². The number of ether oxygens (including phenoxy) is 2. The molecule has 0 radical (unpaired) electrons. The molecule has 0 amide bonds. The van der Waals surface area contributed by atoms with Crippen LogP contribution < -0.4 is 10.1 Å². The molecule has 1 aliphatic heterocycles. The highest BCUT2D eigenvalue weighted by Gasteiger charge is 2.41. The summed E-state index contributed by atoms with van der Waals surface area (Å²) in [6.45, 7) is 4.09. The van der Waals surface area contributed by atoms with E-state index in [4.69, 9.17) is 9.47 Å². The van der Waals surface area contributed by atoms with Crippen molar-refractivity contribution in [3.8, 4) is 5.75 Å². The molecule has 0 bridgehead atoms. The van der Waals surface area contributed by atoms with Gasteiger partial charge in [0.05, 0.1) is 13.2 Å². The van der Waals surface area contributed by atoms with E-state index in [-0.39, 0.29) is 5.60 Å². The van der Waals surface area contributed by atoms with Crippen LogP contribution in [0.3, 0.4) is 0 Å². The van der Waals surface area contributed by atoms with Crippen molar-refractivity contribution in [2.45, 2.75) is 44.3 Å². The number of hydrogen-bond acceptors (Lipinski definition) is 3. The van der Waals surface area contributed by atoms with E-state index in [0.717, 1.165) is 38.1 Å². The Morgan fingerprint density at radius 3 is 3.16 bits per heavy atom. The number of rotatable bonds is 2. The first-order chi connectivity index (χ1) is 9.27. The van der Waals surface area contributed by atoms with Gasteiger partial charge < -0.3 is 14.8 Å². The molecule has 3 nitrogen and oxygen atoms in total. The standard InChI is InChI=1S/C16H23NO2/c1-3-13-10-17-11-16(19-13)8-4-5-12-6-7-14(18-2)9-15(12)16/h6-7,9,13,17H,3-5,8,10-11H2,1-2H3. The van der Waals surface area contributed by atoms with Crippen molar-refractivity contribution in [3.05, 3.63) is 29.3 Å². The zero-order valence-electron chi connectivity index (χ0n) is 11.9. The molecule has 1 spiro atoms. The lowest BCUT2D eigenvalue weighted by Crippen LogP contribution is -2.53. The molecule has 3 heteroatoms. The van der Waals surface area contributed by atoms with Crippen LogP contribution >= 0.6 is 0 Å². The van der Waals surface area contributed by atoms with Crippen LogP contribution in [0.25, 0.3) is 0 Å². The van der Waals surface area contributed by atoms with Gasteiger partial charge in [-0.3, -0.25) is 0 Å². The van der Waals surface area contributed by atoms with Crippen LogP contribution in [0, 0.1) is 0 Å². The predicted molar refractivity (Wildman–Crippen MR) is 75.6 cm³/mol. The topological polar surface area (TPSA) is 30.5 Å². The number of fused-ring (bicyclic) bond motifs is 2. The maximum atomic E-state index is 6.47. The first kappa shape index (κ1) is 12.9.